The Labute approximate surface area is 109 Å². The Hall–Kier alpha value is -1.75. The van der Waals surface area contributed by atoms with Gasteiger partial charge in [0.15, 0.2) is 0 Å². The highest BCUT2D eigenvalue weighted by molar-refractivity contribution is 7.10. The normalized spacial score (nSPS) is 12.7. The van der Waals surface area contributed by atoms with Crippen molar-refractivity contribution in [3.8, 4) is 0 Å². The van der Waals surface area contributed by atoms with E-state index in [2.05, 4.69) is 46.1 Å². The summed E-state index contributed by atoms with van der Waals surface area (Å²) in [5, 5.41) is 3.20. The second kappa shape index (κ2) is 4.86. The van der Waals surface area contributed by atoms with Crippen LogP contribution in [0.25, 0.3) is 10.9 Å². The Morgan fingerprint density at radius 3 is 2.89 bits per heavy atom. The minimum atomic E-state index is 0.0245. The van der Waals surface area contributed by atoms with Crippen LogP contribution in [0, 0.1) is 0 Å². The molecular formula is C14H13N3S. The molecule has 0 fully saturated rings. The van der Waals surface area contributed by atoms with Gasteiger partial charge in [-0.2, -0.15) is 0 Å². The minimum absolute atomic E-state index is 0.0245. The van der Waals surface area contributed by atoms with Crippen LogP contribution >= 0.6 is 11.3 Å². The second-order valence-corrected chi connectivity index (χ2v) is 5.05. The number of rotatable bonds is 3. The number of nitrogens with one attached hydrogen (secondary N) is 1. The lowest BCUT2D eigenvalue weighted by Crippen LogP contribution is -2.28. The first kappa shape index (κ1) is 11.3. The smallest absolute Gasteiger partial charge is 0.0803 e. The lowest BCUT2D eigenvalue weighted by molar-refractivity contribution is 0.647. The van der Waals surface area contributed by atoms with Gasteiger partial charge in [0.05, 0.1) is 11.6 Å². The summed E-state index contributed by atoms with van der Waals surface area (Å²) in [6.45, 7) is 0. The van der Waals surface area contributed by atoms with Crippen LogP contribution in [0.4, 0.5) is 0 Å². The molecule has 0 aliphatic carbocycles. The van der Waals surface area contributed by atoms with Crippen molar-refractivity contribution < 1.29 is 0 Å². The molecule has 0 aliphatic heterocycles. The summed E-state index contributed by atoms with van der Waals surface area (Å²) in [5.41, 5.74) is 4.99. The van der Waals surface area contributed by atoms with Crippen molar-refractivity contribution in [3.05, 3.63) is 64.5 Å². The number of hydrogen-bond acceptors (Lipinski definition) is 4. The molecule has 0 bridgehead atoms. The third-order valence-corrected chi connectivity index (χ3v) is 3.89. The third kappa shape index (κ3) is 2.01. The maximum atomic E-state index is 5.68. The number of benzene rings is 1. The third-order valence-electron chi connectivity index (χ3n) is 2.96. The van der Waals surface area contributed by atoms with Gasteiger partial charge in [-0.3, -0.25) is 10.8 Å². The Bertz CT molecular complexity index is 649. The first-order valence-electron chi connectivity index (χ1n) is 5.73. The second-order valence-electron chi connectivity index (χ2n) is 4.07. The topological polar surface area (TPSA) is 50.9 Å². The number of hydrazine groups is 1. The SMILES string of the molecule is NNC(c1ccc2cccnc2c1)c1cccs1. The highest BCUT2D eigenvalue weighted by Gasteiger charge is 2.13. The highest BCUT2D eigenvalue weighted by Crippen LogP contribution is 2.27. The fourth-order valence-corrected chi connectivity index (χ4v) is 2.87. The van der Waals surface area contributed by atoms with Gasteiger partial charge in [0.2, 0.25) is 0 Å². The van der Waals surface area contributed by atoms with Crippen LogP contribution in [0.5, 0.6) is 0 Å². The molecule has 2 aromatic heterocycles. The molecule has 2 heterocycles. The summed E-state index contributed by atoms with van der Waals surface area (Å²) in [5.74, 6) is 5.68. The number of thiophene rings is 1. The first-order chi connectivity index (χ1) is 8.88. The Morgan fingerprint density at radius 2 is 2.11 bits per heavy atom. The lowest BCUT2D eigenvalue weighted by Gasteiger charge is -2.15. The standard InChI is InChI=1S/C14H13N3S/c15-17-14(13-4-2-8-18-13)11-6-5-10-3-1-7-16-12(10)9-11/h1-9,14,17H,15H2. The molecule has 18 heavy (non-hydrogen) atoms. The number of fused-ring (bicyclic) bond motifs is 1. The molecule has 1 unspecified atom stereocenters. The van der Waals surface area contributed by atoms with Gasteiger partial charge in [0.25, 0.3) is 0 Å². The summed E-state index contributed by atoms with van der Waals surface area (Å²) in [6.07, 6.45) is 1.81. The number of hydrogen-bond donors (Lipinski definition) is 2. The van der Waals surface area contributed by atoms with E-state index < -0.39 is 0 Å². The van der Waals surface area contributed by atoms with Crippen molar-refractivity contribution in [3.63, 3.8) is 0 Å². The molecular weight excluding hydrogens is 242 g/mol. The van der Waals surface area contributed by atoms with E-state index in [0.29, 0.717) is 0 Å². The monoisotopic (exact) mass is 255 g/mol. The molecule has 0 saturated carbocycles. The van der Waals surface area contributed by atoms with Gasteiger partial charge >= 0.3 is 0 Å². The average molecular weight is 255 g/mol. The van der Waals surface area contributed by atoms with Gasteiger partial charge in [-0.1, -0.05) is 24.3 Å². The maximum Gasteiger partial charge on any atom is 0.0803 e. The molecule has 90 valence electrons. The van der Waals surface area contributed by atoms with Crippen molar-refractivity contribution in [2.75, 3.05) is 0 Å². The van der Waals surface area contributed by atoms with Crippen molar-refractivity contribution >= 4 is 22.2 Å². The van der Waals surface area contributed by atoms with E-state index in [9.17, 15) is 0 Å². The molecule has 3 aromatic rings. The van der Waals surface area contributed by atoms with Crippen LogP contribution in [-0.2, 0) is 0 Å². The quantitative estimate of drug-likeness (QED) is 0.559. The molecule has 1 aromatic carbocycles. The fraction of sp³-hybridized carbons (Fsp3) is 0.0714. The van der Waals surface area contributed by atoms with Gasteiger partial charge in [0.1, 0.15) is 0 Å². The lowest BCUT2D eigenvalue weighted by atomic mass is 10.0. The molecule has 3 N–H and O–H groups in total. The van der Waals surface area contributed by atoms with Gasteiger partial charge in [-0.15, -0.1) is 11.3 Å². The number of pyridine rings is 1. The zero-order valence-corrected chi connectivity index (χ0v) is 10.5. The minimum Gasteiger partial charge on any atom is -0.271 e. The van der Waals surface area contributed by atoms with E-state index in [1.165, 1.54) is 4.88 Å². The van der Waals surface area contributed by atoms with Crippen LogP contribution in [-0.4, -0.2) is 4.98 Å². The number of nitrogens with zero attached hydrogens (tertiary/aromatic N) is 1. The van der Waals surface area contributed by atoms with Crippen LogP contribution in [0.2, 0.25) is 0 Å². The summed E-state index contributed by atoms with van der Waals surface area (Å²) >= 11 is 1.69. The van der Waals surface area contributed by atoms with E-state index in [1.54, 1.807) is 11.3 Å². The Morgan fingerprint density at radius 1 is 1.17 bits per heavy atom. The molecule has 0 aliphatic rings. The van der Waals surface area contributed by atoms with E-state index in [0.717, 1.165) is 16.5 Å². The largest absolute Gasteiger partial charge is 0.271 e. The molecule has 0 saturated heterocycles. The molecule has 1 atom stereocenters. The van der Waals surface area contributed by atoms with Crippen LogP contribution in [0.15, 0.2) is 54.0 Å². The highest BCUT2D eigenvalue weighted by atomic mass is 32.1. The van der Waals surface area contributed by atoms with Crippen molar-refractivity contribution in [1.82, 2.24) is 10.4 Å². The molecule has 3 rings (SSSR count). The summed E-state index contributed by atoms with van der Waals surface area (Å²) in [6, 6.07) is 14.4. The predicted molar refractivity (Wildman–Crippen MR) is 75.2 cm³/mol. The maximum absolute atomic E-state index is 5.68. The fourth-order valence-electron chi connectivity index (χ4n) is 2.06. The number of aromatic nitrogens is 1. The van der Waals surface area contributed by atoms with Crippen LogP contribution in [0.3, 0.4) is 0 Å². The van der Waals surface area contributed by atoms with Crippen molar-refractivity contribution in [1.29, 1.82) is 0 Å². The van der Waals surface area contributed by atoms with E-state index in [1.807, 2.05) is 18.3 Å². The van der Waals surface area contributed by atoms with Gasteiger partial charge < -0.3 is 0 Å². The molecule has 0 spiro atoms. The predicted octanol–water partition coefficient (Wildman–Crippen LogP) is 2.85. The molecule has 0 radical (unpaired) electrons. The zero-order valence-electron chi connectivity index (χ0n) is 9.71. The molecule has 0 amide bonds. The Balaban J connectivity index is 2.07. The molecule has 3 nitrogen and oxygen atoms in total. The summed E-state index contributed by atoms with van der Waals surface area (Å²) in [7, 11) is 0. The van der Waals surface area contributed by atoms with E-state index in [-0.39, 0.29) is 6.04 Å². The summed E-state index contributed by atoms with van der Waals surface area (Å²) < 4.78 is 0. The van der Waals surface area contributed by atoms with Crippen molar-refractivity contribution in [2.24, 2.45) is 5.84 Å². The van der Waals surface area contributed by atoms with Crippen LogP contribution < -0.4 is 11.3 Å². The van der Waals surface area contributed by atoms with Crippen LogP contribution in [0.1, 0.15) is 16.5 Å². The first-order valence-corrected chi connectivity index (χ1v) is 6.60. The van der Waals surface area contributed by atoms with E-state index >= 15 is 0 Å². The van der Waals surface area contributed by atoms with Gasteiger partial charge in [-0.05, 0) is 29.1 Å². The number of nitrogens with two attached hydrogens (primary N) is 1. The molecule has 4 heteroatoms. The zero-order chi connectivity index (χ0) is 12.4. The van der Waals surface area contributed by atoms with Gasteiger partial charge in [0, 0.05) is 16.5 Å². The summed E-state index contributed by atoms with van der Waals surface area (Å²) in [4.78, 5) is 5.58. The van der Waals surface area contributed by atoms with Gasteiger partial charge in [-0.25, -0.2) is 5.43 Å². The van der Waals surface area contributed by atoms with E-state index in [4.69, 9.17) is 5.84 Å². The van der Waals surface area contributed by atoms with Crippen molar-refractivity contribution in [2.45, 2.75) is 6.04 Å². The average Bonchev–Trinajstić information content (AvgIpc) is 2.93. The Kier molecular flexibility index (Phi) is 3.06.